The maximum absolute atomic E-state index is 13.6. The molecule has 1 aromatic carbocycles. The van der Waals surface area contributed by atoms with Gasteiger partial charge in [-0.3, -0.25) is 9.69 Å². The lowest BCUT2D eigenvalue weighted by atomic mass is 10.1. The van der Waals surface area contributed by atoms with Crippen LogP contribution in [-0.2, 0) is 11.2 Å². The lowest BCUT2D eigenvalue weighted by molar-refractivity contribution is -0.129. The first kappa shape index (κ1) is 14.5. The third-order valence-electron chi connectivity index (χ3n) is 4.48. The molecule has 2 fully saturated rings. The van der Waals surface area contributed by atoms with Gasteiger partial charge in [0.15, 0.2) is 0 Å². The topological polar surface area (TPSA) is 35.6 Å². The van der Waals surface area contributed by atoms with Crippen LogP contribution in [0.5, 0.6) is 0 Å². The Morgan fingerprint density at radius 2 is 2.00 bits per heavy atom. The van der Waals surface area contributed by atoms with E-state index in [0.29, 0.717) is 11.6 Å². The van der Waals surface area contributed by atoms with Crippen LogP contribution in [0.25, 0.3) is 0 Å². The highest BCUT2D eigenvalue weighted by atomic mass is 19.1. The van der Waals surface area contributed by atoms with Gasteiger partial charge in [0.05, 0.1) is 6.42 Å². The Bertz CT molecular complexity index is 502. The molecule has 2 saturated heterocycles. The van der Waals surface area contributed by atoms with Crippen molar-refractivity contribution in [2.45, 2.75) is 18.9 Å². The maximum Gasteiger partial charge on any atom is 0.227 e. The Morgan fingerprint density at radius 3 is 2.76 bits per heavy atom. The Balaban J connectivity index is 1.55. The first-order valence-corrected chi connectivity index (χ1v) is 7.70. The lowest BCUT2D eigenvalue weighted by Gasteiger charge is -2.32. The van der Waals surface area contributed by atoms with E-state index in [4.69, 9.17) is 0 Å². The van der Waals surface area contributed by atoms with E-state index < -0.39 is 0 Å². The Morgan fingerprint density at radius 1 is 1.24 bits per heavy atom. The fourth-order valence-corrected chi connectivity index (χ4v) is 3.23. The summed E-state index contributed by atoms with van der Waals surface area (Å²) in [6, 6.07) is 7.00. The summed E-state index contributed by atoms with van der Waals surface area (Å²) < 4.78 is 13.6. The van der Waals surface area contributed by atoms with Gasteiger partial charge in [-0.25, -0.2) is 4.39 Å². The van der Waals surface area contributed by atoms with Gasteiger partial charge in [0.1, 0.15) is 5.82 Å². The van der Waals surface area contributed by atoms with E-state index in [1.165, 1.54) is 6.07 Å². The molecule has 1 atom stereocenters. The lowest BCUT2D eigenvalue weighted by Crippen LogP contribution is -2.49. The molecule has 0 aromatic heterocycles. The van der Waals surface area contributed by atoms with Gasteiger partial charge >= 0.3 is 0 Å². The minimum absolute atomic E-state index is 0.0396. The number of likely N-dealkylation sites (tertiary alicyclic amines) is 1. The van der Waals surface area contributed by atoms with Gasteiger partial charge in [-0.2, -0.15) is 0 Å². The normalized spacial score (nSPS) is 23.5. The zero-order chi connectivity index (χ0) is 14.7. The smallest absolute Gasteiger partial charge is 0.227 e. The van der Waals surface area contributed by atoms with Crippen molar-refractivity contribution >= 4 is 5.91 Å². The highest BCUT2D eigenvalue weighted by Gasteiger charge is 2.30. The van der Waals surface area contributed by atoms with Gasteiger partial charge < -0.3 is 10.2 Å². The van der Waals surface area contributed by atoms with Gasteiger partial charge in [0, 0.05) is 45.3 Å². The van der Waals surface area contributed by atoms with Crippen molar-refractivity contribution in [3.8, 4) is 0 Å². The van der Waals surface area contributed by atoms with E-state index in [2.05, 4.69) is 10.2 Å². The number of hydrogen-bond acceptors (Lipinski definition) is 3. The first-order valence-electron chi connectivity index (χ1n) is 7.70. The van der Waals surface area contributed by atoms with Crippen molar-refractivity contribution in [3.05, 3.63) is 35.6 Å². The van der Waals surface area contributed by atoms with Crippen LogP contribution >= 0.6 is 0 Å². The van der Waals surface area contributed by atoms with Gasteiger partial charge in [-0.15, -0.1) is 0 Å². The molecule has 1 N–H and O–H groups in total. The molecular formula is C16H22FN3O. The number of rotatable bonds is 3. The van der Waals surface area contributed by atoms with Crippen LogP contribution in [0.3, 0.4) is 0 Å². The summed E-state index contributed by atoms with van der Waals surface area (Å²) in [6.07, 6.45) is 1.20. The predicted octanol–water partition coefficient (Wildman–Crippen LogP) is 0.874. The second kappa shape index (κ2) is 6.54. The molecule has 2 aliphatic heterocycles. The molecule has 114 valence electrons. The largest absolute Gasteiger partial charge is 0.341 e. The molecule has 1 aromatic rings. The molecule has 2 heterocycles. The third kappa shape index (κ3) is 3.41. The fourth-order valence-electron chi connectivity index (χ4n) is 3.23. The molecule has 0 bridgehead atoms. The van der Waals surface area contributed by atoms with E-state index in [-0.39, 0.29) is 18.1 Å². The summed E-state index contributed by atoms with van der Waals surface area (Å²) in [5, 5.41) is 3.35. The monoisotopic (exact) mass is 291 g/mol. The second-order valence-electron chi connectivity index (χ2n) is 5.84. The van der Waals surface area contributed by atoms with E-state index in [0.717, 1.165) is 45.7 Å². The quantitative estimate of drug-likeness (QED) is 0.898. The number of nitrogens with zero attached hydrogens (tertiary/aromatic N) is 2. The van der Waals surface area contributed by atoms with Gasteiger partial charge in [0.2, 0.25) is 5.91 Å². The average Bonchev–Trinajstić information content (AvgIpc) is 3.00. The molecule has 5 heteroatoms. The highest BCUT2D eigenvalue weighted by Crippen LogP contribution is 2.18. The fraction of sp³-hybridized carbons (Fsp3) is 0.562. The molecule has 1 amide bonds. The van der Waals surface area contributed by atoms with E-state index in [1.807, 2.05) is 4.90 Å². The van der Waals surface area contributed by atoms with Crippen LogP contribution in [0.2, 0.25) is 0 Å². The van der Waals surface area contributed by atoms with Crippen molar-refractivity contribution in [3.63, 3.8) is 0 Å². The van der Waals surface area contributed by atoms with Crippen LogP contribution in [0.15, 0.2) is 24.3 Å². The second-order valence-corrected chi connectivity index (χ2v) is 5.84. The number of carbonyl (C=O) groups is 1. The molecule has 1 unspecified atom stereocenters. The number of piperazine rings is 1. The van der Waals surface area contributed by atoms with Gasteiger partial charge in [0.25, 0.3) is 0 Å². The summed E-state index contributed by atoms with van der Waals surface area (Å²) in [5.41, 5.74) is 0.494. The summed E-state index contributed by atoms with van der Waals surface area (Å²) in [6.45, 7) is 5.74. The van der Waals surface area contributed by atoms with Crippen molar-refractivity contribution in [2.75, 3.05) is 39.3 Å². The van der Waals surface area contributed by atoms with Crippen molar-refractivity contribution in [1.29, 1.82) is 0 Å². The summed E-state index contributed by atoms with van der Waals surface area (Å²) in [4.78, 5) is 16.7. The molecule has 4 nitrogen and oxygen atoms in total. The maximum atomic E-state index is 13.6. The Kier molecular flexibility index (Phi) is 4.51. The molecule has 0 radical (unpaired) electrons. The SMILES string of the molecule is O=C(Cc1ccccc1F)N1CCC(N2CCNCC2)C1. The van der Waals surface area contributed by atoms with Crippen molar-refractivity contribution in [1.82, 2.24) is 15.1 Å². The number of carbonyl (C=O) groups excluding carboxylic acids is 1. The average molecular weight is 291 g/mol. The van der Waals surface area contributed by atoms with E-state index in [1.54, 1.807) is 18.2 Å². The van der Waals surface area contributed by atoms with Crippen LogP contribution < -0.4 is 5.32 Å². The van der Waals surface area contributed by atoms with Crippen molar-refractivity contribution in [2.24, 2.45) is 0 Å². The van der Waals surface area contributed by atoms with Crippen LogP contribution in [0.4, 0.5) is 4.39 Å². The van der Waals surface area contributed by atoms with Crippen LogP contribution in [0, 0.1) is 5.82 Å². The summed E-state index contributed by atoms with van der Waals surface area (Å²) >= 11 is 0. The van der Waals surface area contributed by atoms with Gasteiger partial charge in [-0.05, 0) is 18.1 Å². The zero-order valence-corrected chi connectivity index (χ0v) is 12.2. The summed E-state index contributed by atoms with van der Waals surface area (Å²) in [5.74, 6) is -0.249. The number of nitrogens with one attached hydrogen (secondary N) is 1. The number of benzene rings is 1. The summed E-state index contributed by atoms with van der Waals surface area (Å²) in [7, 11) is 0. The number of halogens is 1. The van der Waals surface area contributed by atoms with E-state index >= 15 is 0 Å². The third-order valence-corrected chi connectivity index (χ3v) is 4.48. The Labute approximate surface area is 124 Å². The minimum Gasteiger partial charge on any atom is -0.341 e. The standard InChI is InChI=1S/C16H22FN3O/c17-15-4-2-1-3-13(15)11-16(21)20-8-5-14(12-20)19-9-6-18-7-10-19/h1-4,14,18H,5-12H2. The van der Waals surface area contributed by atoms with Gasteiger partial charge in [-0.1, -0.05) is 18.2 Å². The molecule has 0 aliphatic carbocycles. The molecule has 0 saturated carbocycles. The highest BCUT2D eigenvalue weighted by molar-refractivity contribution is 5.79. The first-order chi connectivity index (χ1) is 10.2. The molecule has 21 heavy (non-hydrogen) atoms. The number of hydrogen-bond donors (Lipinski definition) is 1. The Hall–Kier alpha value is -1.46. The zero-order valence-electron chi connectivity index (χ0n) is 12.2. The molecule has 0 spiro atoms. The minimum atomic E-state index is -0.288. The molecule has 3 rings (SSSR count). The van der Waals surface area contributed by atoms with Crippen LogP contribution in [0.1, 0.15) is 12.0 Å². The van der Waals surface area contributed by atoms with Crippen LogP contribution in [-0.4, -0.2) is 61.0 Å². The molecular weight excluding hydrogens is 269 g/mol. The van der Waals surface area contributed by atoms with Crippen molar-refractivity contribution < 1.29 is 9.18 Å². The van der Waals surface area contributed by atoms with E-state index in [9.17, 15) is 9.18 Å². The molecule has 2 aliphatic rings. The number of amides is 1. The predicted molar refractivity (Wildman–Crippen MR) is 79.5 cm³/mol.